The Balaban J connectivity index is 1.87. The van der Waals surface area contributed by atoms with Crippen molar-refractivity contribution >= 4 is 11.6 Å². The van der Waals surface area contributed by atoms with Gasteiger partial charge >= 0.3 is 0 Å². The first-order valence-corrected chi connectivity index (χ1v) is 9.06. The van der Waals surface area contributed by atoms with Crippen LogP contribution in [0.3, 0.4) is 0 Å². The molecule has 5 nitrogen and oxygen atoms in total. The third-order valence-corrected chi connectivity index (χ3v) is 4.67. The van der Waals surface area contributed by atoms with Crippen LogP contribution in [0.5, 0.6) is 5.75 Å². The van der Waals surface area contributed by atoms with Gasteiger partial charge in [0.2, 0.25) is 0 Å². The first-order valence-electron chi connectivity index (χ1n) is 9.06. The van der Waals surface area contributed by atoms with E-state index in [9.17, 15) is 4.79 Å². The number of benzene rings is 2. The van der Waals surface area contributed by atoms with Crippen LogP contribution in [-0.2, 0) is 4.74 Å². The van der Waals surface area contributed by atoms with Crippen LogP contribution in [0.25, 0.3) is 0 Å². The molecule has 1 N–H and O–H groups in total. The zero-order valence-corrected chi connectivity index (χ0v) is 15.6. The number of para-hydroxylation sites is 1. The number of carbonyl (C=O) groups excluding carboxylic acids is 1. The first kappa shape index (κ1) is 18.3. The van der Waals surface area contributed by atoms with Gasteiger partial charge in [-0.2, -0.15) is 0 Å². The highest BCUT2D eigenvalue weighted by Crippen LogP contribution is 2.33. The molecule has 1 aliphatic rings. The van der Waals surface area contributed by atoms with Gasteiger partial charge in [0.1, 0.15) is 11.9 Å². The van der Waals surface area contributed by atoms with Gasteiger partial charge in [-0.05, 0) is 43.2 Å². The Bertz CT molecular complexity index is 745. The van der Waals surface area contributed by atoms with Gasteiger partial charge in [0.25, 0.3) is 5.91 Å². The van der Waals surface area contributed by atoms with E-state index in [0.29, 0.717) is 18.7 Å². The molecule has 0 spiro atoms. The molecule has 1 amide bonds. The van der Waals surface area contributed by atoms with Crippen LogP contribution in [0.1, 0.15) is 42.4 Å². The Kier molecular flexibility index (Phi) is 5.78. The lowest BCUT2D eigenvalue weighted by atomic mass is 10.0. The lowest BCUT2D eigenvalue weighted by molar-refractivity contribution is 0.0609. The predicted octanol–water partition coefficient (Wildman–Crippen LogP) is 4.08. The fourth-order valence-electron chi connectivity index (χ4n) is 3.02. The van der Waals surface area contributed by atoms with Crippen LogP contribution in [0, 0.1) is 0 Å². The summed E-state index contributed by atoms with van der Waals surface area (Å²) in [6, 6.07) is 15.6. The van der Waals surface area contributed by atoms with Crippen molar-refractivity contribution in [3.63, 3.8) is 0 Å². The standard InChI is InChI=1S/C21H26N2O3/c1-4-15(2)26-17-11-9-16(10-12-17)20-22-19-8-6-5-7-18(19)21(24)23(20)13-14-25-3/h5-12,15,20,22H,4,13-14H2,1-3H3. The zero-order valence-electron chi connectivity index (χ0n) is 15.6. The van der Waals surface area contributed by atoms with Crippen molar-refractivity contribution in [1.29, 1.82) is 0 Å². The van der Waals surface area contributed by atoms with E-state index in [1.165, 1.54) is 0 Å². The Labute approximate surface area is 154 Å². The number of ether oxygens (including phenoxy) is 2. The molecule has 3 rings (SSSR count). The van der Waals surface area contributed by atoms with Crippen molar-refractivity contribution in [2.24, 2.45) is 0 Å². The SMILES string of the molecule is CCC(C)Oc1ccc(C2Nc3ccccc3C(=O)N2CCOC)cc1. The van der Waals surface area contributed by atoms with Crippen LogP contribution < -0.4 is 10.1 Å². The number of anilines is 1. The van der Waals surface area contributed by atoms with Gasteiger partial charge in [0, 0.05) is 19.3 Å². The molecule has 2 aromatic rings. The third kappa shape index (κ3) is 3.83. The number of fused-ring (bicyclic) bond motifs is 1. The average molecular weight is 354 g/mol. The van der Waals surface area contributed by atoms with E-state index in [4.69, 9.17) is 9.47 Å². The summed E-state index contributed by atoms with van der Waals surface area (Å²) in [5.74, 6) is 0.857. The molecule has 0 fully saturated rings. The molecular formula is C21H26N2O3. The quantitative estimate of drug-likeness (QED) is 0.814. The highest BCUT2D eigenvalue weighted by Gasteiger charge is 2.32. The van der Waals surface area contributed by atoms with E-state index in [-0.39, 0.29) is 18.2 Å². The van der Waals surface area contributed by atoms with Gasteiger partial charge < -0.3 is 19.7 Å². The minimum atomic E-state index is -0.231. The van der Waals surface area contributed by atoms with E-state index in [1.54, 1.807) is 7.11 Å². The highest BCUT2D eigenvalue weighted by molar-refractivity contribution is 6.01. The number of nitrogens with zero attached hydrogens (tertiary/aromatic N) is 1. The Morgan fingerprint density at radius 2 is 1.88 bits per heavy atom. The highest BCUT2D eigenvalue weighted by atomic mass is 16.5. The van der Waals surface area contributed by atoms with Gasteiger partial charge in [-0.3, -0.25) is 4.79 Å². The van der Waals surface area contributed by atoms with Gasteiger partial charge in [-0.1, -0.05) is 31.2 Å². The van der Waals surface area contributed by atoms with Gasteiger partial charge in [0.15, 0.2) is 0 Å². The number of methoxy groups -OCH3 is 1. The number of rotatable bonds is 7. The van der Waals surface area contributed by atoms with E-state index in [2.05, 4.69) is 19.2 Å². The van der Waals surface area contributed by atoms with E-state index < -0.39 is 0 Å². The monoisotopic (exact) mass is 354 g/mol. The van der Waals surface area contributed by atoms with Crippen LogP contribution in [-0.4, -0.2) is 37.2 Å². The maximum absolute atomic E-state index is 13.0. The van der Waals surface area contributed by atoms with Crippen LogP contribution in [0.4, 0.5) is 5.69 Å². The summed E-state index contributed by atoms with van der Waals surface area (Å²) in [7, 11) is 1.64. The van der Waals surface area contributed by atoms with Crippen molar-refractivity contribution in [1.82, 2.24) is 4.90 Å². The molecule has 5 heteroatoms. The Morgan fingerprint density at radius 1 is 1.15 bits per heavy atom. The molecule has 0 aliphatic carbocycles. The normalized spacial score (nSPS) is 17.4. The van der Waals surface area contributed by atoms with Crippen molar-refractivity contribution in [3.8, 4) is 5.75 Å². The van der Waals surface area contributed by atoms with Gasteiger partial charge in [0.05, 0.1) is 18.3 Å². The van der Waals surface area contributed by atoms with Crippen molar-refractivity contribution < 1.29 is 14.3 Å². The van der Waals surface area contributed by atoms with Crippen molar-refractivity contribution in [2.75, 3.05) is 25.6 Å². The molecule has 2 aromatic carbocycles. The summed E-state index contributed by atoms with van der Waals surface area (Å²) >= 11 is 0. The fourth-order valence-corrected chi connectivity index (χ4v) is 3.02. The fraction of sp³-hybridized carbons (Fsp3) is 0.381. The maximum Gasteiger partial charge on any atom is 0.257 e. The zero-order chi connectivity index (χ0) is 18.5. The maximum atomic E-state index is 13.0. The molecule has 1 aliphatic heterocycles. The minimum absolute atomic E-state index is 0.0151. The summed E-state index contributed by atoms with van der Waals surface area (Å²) in [5.41, 5.74) is 2.56. The number of hydrogen-bond acceptors (Lipinski definition) is 4. The molecule has 1 heterocycles. The molecule has 2 atom stereocenters. The van der Waals surface area contributed by atoms with Crippen LogP contribution in [0.15, 0.2) is 48.5 Å². The molecule has 0 saturated heterocycles. The summed E-state index contributed by atoms with van der Waals surface area (Å²) in [4.78, 5) is 14.8. The van der Waals surface area contributed by atoms with E-state index >= 15 is 0 Å². The second kappa shape index (κ2) is 8.23. The second-order valence-electron chi connectivity index (χ2n) is 6.49. The van der Waals surface area contributed by atoms with E-state index in [1.807, 2.05) is 53.4 Å². The Hall–Kier alpha value is -2.53. The molecule has 0 bridgehead atoms. The van der Waals surface area contributed by atoms with Crippen LogP contribution in [0.2, 0.25) is 0 Å². The second-order valence-corrected chi connectivity index (χ2v) is 6.49. The largest absolute Gasteiger partial charge is 0.491 e. The molecule has 2 unspecified atom stereocenters. The summed E-state index contributed by atoms with van der Waals surface area (Å²) < 4.78 is 11.1. The third-order valence-electron chi connectivity index (χ3n) is 4.67. The van der Waals surface area contributed by atoms with Crippen molar-refractivity contribution in [2.45, 2.75) is 32.5 Å². The summed E-state index contributed by atoms with van der Waals surface area (Å²) in [6.07, 6.45) is 0.910. The van der Waals surface area contributed by atoms with Crippen molar-refractivity contribution in [3.05, 3.63) is 59.7 Å². The molecular weight excluding hydrogens is 328 g/mol. The topological polar surface area (TPSA) is 50.8 Å². The number of hydrogen-bond donors (Lipinski definition) is 1. The minimum Gasteiger partial charge on any atom is -0.491 e. The molecule has 26 heavy (non-hydrogen) atoms. The molecule has 138 valence electrons. The van der Waals surface area contributed by atoms with Gasteiger partial charge in [-0.25, -0.2) is 0 Å². The van der Waals surface area contributed by atoms with Crippen LogP contribution >= 0.6 is 0 Å². The van der Waals surface area contributed by atoms with E-state index in [0.717, 1.165) is 23.4 Å². The average Bonchev–Trinajstić information content (AvgIpc) is 2.67. The lowest BCUT2D eigenvalue weighted by Crippen LogP contribution is -2.44. The molecule has 0 saturated carbocycles. The number of nitrogens with one attached hydrogen (secondary N) is 1. The first-order chi connectivity index (χ1) is 12.6. The number of carbonyl (C=O) groups is 1. The Morgan fingerprint density at radius 3 is 2.58 bits per heavy atom. The lowest BCUT2D eigenvalue weighted by Gasteiger charge is -2.38. The number of amides is 1. The summed E-state index contributed by atoms with van der Waals surface area (Å²) in [5, 5.41) is 3.48. The molecule has 0 radical (unpaired) electrons. The smallest absolute Gasteiger partial charge is 0.257 e. The summed E-state index contributed by atoms with van der Waals surface area (Å²) in [6.45, 7) is 5.16. The molecule has 0 aromatic heterocycles. The predicted molar refractivity (Wildman–Crippen MR) is 103 cm³/mol. The van der Waals surface area contributed by atoms with Gasteiger partial charge in [-0.15, -0.1) is 0 Å².